The second kappa shape index (κ2) is 5.97. The summed E-state index contributed by atoms with van der Waals surface area (Å²) in [5.74, 6) is 0.341. The molecule has 2 rings (SSSR count). The number of ether oxygens (including phenoxy) is 1. The van der Waals surface area contributed by atoms with Gasteiger partial charge in [-0.25, -0.2) is 14.8 Å². The number of carbonyl (C=O) groups excluding carboxylic acids is 1. The van der Waals surface area contributed by atoms with Crippen LogP contribution in [0.15, 0.2) is 6.07 Å². The van der Waals surface area contributed by atoms with Crippen molar-refractivity contribution in [3.63, 3.8) is 0 Å². The fourth-order valence-corrected chi connectivity index (χ4v) is 2.33. The highest BCUT2D eigenvalue weighted by Gasteiger charge is 2.25. The normalized spacial score (nSPS) is 22.3. The number of aliphatic hydroxyl groups excluding tert-OH is 1. The summed E-state index contributed by atoms with van der Waals surface area (Å²) in [5, 5.41) is 12.9. The predicted molar refractivity (Wildman–Crippen MR) is 69.9 cm³/mol. The van der Waals surface area contributed by atoms with Gasteiger partial charge in [-0.2, -0.15) is 0 Å². The second-order valence-corrected chi connectivity index (χ2v) is 4.85. The van der Waals surface area contributed by atoms with Gasteiger partial charge in [0.2, 0.25) is 5.82 Å². The average molecular weight is 265 g/mol. The van der Waals surface area contributed by atoms with Gasteiger partial charge >= 0.3 is 5.97 Å². The van der Waals surface area contributed by atoms with Crippen LogP contribution in [0.25, 0.3) is 0 Å². The van der Waals surface area contributed by atoms with Crippen molar-refractivity contribution in [2.45, 2.75) is 32.3 Å². The molecular formula is C13H19N3O3. The third-order valence-electron chi connectivity index (χ3n) is 3.39. The topological polar surface area (TPSA) is 84.3 Å². The molecule has 1 heterocycles. The van der Waals surface area contributed by atoms with E-state index in [1.165, 1.54) is 7.11 Å². The van der Waals surface area contributed by atoms with E-state index in [9.17, 15) is 9.90 Å². The van der Waals surface area contributed by atoms with E-state index < -0.39 is 5.97 Å². The Labute approximate surface area is 112 Å². The summed E-state index contributed by atoms with van der Waals surface area (Å²) >= 11 is 0. The minimum Gasteiger partial charge on any atom is -0.463 e. The number of aliphatic hydroxyl groups is 1. The molecule has 1 aromatic heterocycles. The van der Waals surface area contributed by atoms with E-state index in [0.717, 1.165) is 19.3 Å². The zero-order chi connectivity index (χ0) is 13.8. The maximum atomic E-state index is 11.4. The molecule has 0 amide bonds. The number of hydrogen-bond acceptors (Lipinski definition) is 6. The summed E-state index contributed by atoms with van der Waals surface area (Å²) in [7, 11) is 1.30. The standard InChI is InChI=1S/C13H19N3O3/c1-8-6-11(16-12(15-8)13(18)19-2)14-7-9-4-3-5-10(9)17/h6,9-10,17H,3-5,7H2,1-2H3,(H,14,15,16). The fourth-order valence-electron chi connectivity index (χ4n) is 2.33. The molecule has 0 saturated heterocycles. The highest BCUT2D eigenvalue weighted by atomic mass is 16.5. The Kier molecular flexibility index (Phi) is 4.31. The van der Waals surface area contributed by atoms with Gasteiger partial charge in [0.25, 0.3) is 0 Å². The van der Waals surface area contributed by atoms with E-state index in [4.69, 9.17) is 0 Å². The number of anilines is 1. The van der Waals surface area contributed by atoms with Crippen LogP contribution in [-0.2, 0) is 4.74 Å². The molecule has 1 aliphatic rings. The van der Waals surface area contributed by atoms with Crippen LogP contribution in [0, 0.1) is 12.8 Å². The van der Waals surface area contributed by atoms with Gasteiger partial charge in [-0.05, 0) is 19.8 Å². The van der Waals surface area contributed by atoms with E-state index in [1.54, 1.807) is 13.0 Å². The third kappa shape index (κ3) is 3.41. The van der Waals surface area contributed by atoms with Gasteiger partial charge in [-0.1, -0.05) is 6.42 Å². The number of carbonyl (C=O) groups is 1. The lowest BCUT2D eigenvalue weighted by atomic mass is 10.1. The molecule has 1 aromatic rings. The molecule has 0 radical (unpaired) electrons. The highest BCUT2D eigenvalue weighted by Crippen LogP contribution is 2.25. The summed E-state index contributed by atoms with van der Waals surface area (Å²) in [4.78, 5) is 19.6. The van der Waals surface area contributed by atoms with Gasteiger partial charge in [0.05, 0.1) is 13.2 Å². The number of nitrogens with one attached hydrogen (secondary N) is 1. The van der Waals surface area contributed by atoms with Gasteiger partial charge < -0.3 is 15.2 Å². The molecule has 104 valence electrons. The number of nitrogens with zero attached hydrogens (tertiary/aromatic N) is 2. The maximum Gasteiger partial charge on any atom is 0.376 e. The van der Waals surface area contributed by atoms with Gasteiger partial charge in [0.15, 0.2) is 0 Å². The molecule has 2 N–H and O–H groups in total. The average Bonchev–Trinajstić information content (AvgIpc) is 2.80. The molecule has 2 unspecified atom stereocenters. The largest absolute Gasteiger partial charge is 0.463 e. The van der Waals surface area contributed by atoms with Gasteiger partial charge in [0, 0.05) is 24.2 Å². The van der Waals surface area contributed by atoms with Crippen LogP contribution in [0.5, 0.6) is 0 Å². The number of aryl methyl sites for hydroxylation is 1. The van der Waals surface area contributed by atoms with Crippen molar-refractivity contribution in [2.75, 3.05) is 19.0 Å². The maximum absolute atomic E-state index is 11.4. The summed E-state index contributed by atoms with van der Waals surface area (Å²) < 4.78 is 4.61. The van der Waals surface area contributed by atoms with Crippen molar-refractivity contribution in [3.8, 4) is 0 Å². The quantitative estimate of drug-likeness (QED) is 0.794. The van der Waals surface area contributed by atoms with Crippen LogP contribution >= 0.6 is 0 Å². The van der Waals surface area contributed by atoms with E-state index in [2.05, 4.69) is 20.0 Å². The predicted octanol–water partition coefficient (Wildman–Crippen LogP) is 1.14. The molecule has 2 atom stereocenters. The summed E-state index contributed by atoms with van der Waals surface area (Å²) in [6, 6.07) is 1.77. The molecule has 1 fully saturated rings. The Hall–Kier alpha value is -1.69. The van der Waals surface area contributed by atoms with Crippen molar-refractivity contribution >= 4 is 11.8 Å². The Bertz CT molecular complexity index is 464. The number of aromatic nitrogens is 2. The van der Waals surface area contributed by atoms with Crippen molar-refractivity contribution in [3.05, 3.63) is 17.6 Å². The number of methoxy groups -OCH3 is 1. The Morgan fingerprint density at radius 1 is 1.53 bits per heavy atom. The Morgan fingerprint density at radius 2 is 2.32 bits per heavy atom. The molecule has 19 heavy (non-hydrogen) atoms. The first kappa shape index (κ1) is 13.7. The van der Waals surface area contributed by atoms with Crippen LogP contribution in [-0.4, -0.2) is 40.8 Å². The molecule has 0 aromatic carbocycles. The van der Waals surface area contributed by atoms with E-state index in [-0.39, 0.29) is 17.8 Å². The summed E-state index contributed by atoms with van der Waals surface area (Å²) in [5.41, 5.74) is 0.699. The van der Waals surface area contributed by atoms with E-state index in [0.29, 0.717) is 18.1 Å². The van der Waals surface area contributed by atoms with Crippen LogP contribution < -0.4 is 5.32 Å². The van der Waals surface area contributed by atoms with Gasteiger partial charge in [-0.15, -0.1) is 0 Å². The monoisotopic (exact) mass is 265 g/mol. The number of rotatable bonds is 4. The molecule has 0 spiro atoms. The van der Waals surface area contributed by atoms with Crippen molar-refractivity contribution in [1.82, 2.24) is 9.97 Å². The van der Waals surface area contributed by atoms with E-state index >= 15 is 0 Å². The molecule has 0 aliphatic heterocycles. The van der Waals surface area contributed by atoms with Crippen LogP contribution in [0.2, 0.25) is 0 Å². The van der Waals surface area contributed by atoms with E-state index in [1.807, 2.05) is 0 Å². The zero-order valence-electron chi connectivity index (χ0n) is 11.2. The lowest BCUT2D eigenvalue weighted by Gasteiger charge is -2.15. The van der Waals surface area contributed by atoms with Crippen LogP contribution in [0.3, 0.4) is 0 Å². The first-order valence-corrected chi connectivity index (χ1v) is 6.46. The van der Waals surface area contributed by atoms with Crippen LogP contribution in [0.4, 0.5) is 5.82 Å². The van der Waals surface area contributed by atoms with Gasteiger partial charge in [0.1, 0.15) is 5.82 Å². The minimum atomic E-state index is -0.548. The molecule has 0 bridgehead atoms. The minimum absolute atomic E-state index is 0.0528. The molecular weight excluding hydrogens is 246 g/mol. The molecule has 1 saturated carbocycles. The third-order valence-corrected chi connectivity index (χ3v) is 3.39. The highest BCUT2D eigenvalue weighted by molar-refractivity contribution is 5.85. The zero-order valence-corrected chi connectivity index (χ0v) is 11.2. The SMILES string of the molecule is COC(=O)c1nc(C)cc(NCC2CCCC2O)n1. The Balaban J connectivity index is 2.03. The number of esters is 1. The fraction of sp³-hybridized carbons (Fsp3) is 0.615. The summed E-state index contributed by atoms with van der Waals surface area (Å²) in [6.45, 7) is 2.45. The number of hydrogen-bond donors (Lipinski definition) is 2. The van der Waals surface area contributed by atoms with Gasteiger partial charge in [-0.3, -0.25) is 0 Å². The van der Waals surface area contributed by atoms with Crippen molar-refractivity contribution in [1.29, 1.82) is 0 Å². The van der Waals surface area contributed by atoms with Crippen molar-refractivity contribution < 1.29 is 14.6 Å². The smallest absolute Gasteiger partial charge is 0.376 e. The Morgan fingerprint density at radius 3 is 2.95 bits per heavy atom. The first-order valence-electron chi connectivity index (χ1n) is 6.46. The van der Waals surface area contributed by atoms with Crippen LogP contribution in [0.1, 0.15) is 35.6 Å². The molecule has 1 aliphatic carbocycles. The summed E-state index contributed by atoms with van der Waals surface area (Å²) in [6.07, 6.45) is 2.70. The first-order chi connectivity index (χ1) is 9.10. The molecule has 6 heteroatoms. The second-order valence-electron chi connectivity index (χ2n) is 4.85. The lowest BCUT2D eigenvalue weighted by Crippen LogP contribution is -2.22. The van der Waals surface area contributed by atoms with Crippen molar-refractivity contribution in [2.24, 2.45) is 5.92 Å². The molecule has 6 nitrogen and oxygen atoms in total. The lowest BCUT2D eigenvalue weighted by molar-refractivity contribution is 0.0586.